The minimum Gasteiger partial charge on any atom is -0.394 e. The Hall–Kier alpha value is -3.06. The molecule has 5 heterocycles. The van der Waals surface area contributed by atoms with E-state index in [0.29, 0.717) is 0 Å². The van der Waals surface area contributed by atoms with Gasteiger partial charge in [-0.15, -0.1) is 0 Å². The zero-order valence-corrected chi connectivity index (χ0v) is 21.2. The number of phosphoric acid groups is 1. The number of nitrogens with two attached hydrogens (primary N) is 2. The number of carbonyl (C=O) groups is 1. The van der Waals surface area contributed by atoms with Crippen LogP contribution >= 0.6 is 7.82 Å². The molecule has 1 amide bonds. The lowest BCUT2D eigenvalue weighted by molar-refractivity contribution is -0.134. The summed E-state index contributed by atoms with van der Waals surface area (Å²) in [4.78, 5) is 50.3. The number of nitrogens with zero attached hydrogens (tertiary/aromatic N) is 5. The van der Waals surface area contributed by atoms with Crippen LogP contribution in [0.15, 0.2) is 28.3 Å². The molecule has 0 radical (unpaired) electrons. The molecule has 3 aliphatic rings. The molecule has 0 aromatic carbocycles. The largest absolute Gasteiger partial charge is 0.472 e. The number of imidazole rings is 1. The number of anilines is 1. The highest BCUT2D eigenvalue weighted by Gasteiger charge is 2.44. The molecule has 3 aliphatic heterocycles. The number of fused-ring (bicyclic) bond motifs is 1. The van der Waals surface area contributed by atoms with E-state index in [9.17, 15) is 29.3 Å². The molecule has 0 aliphatic carbocycles. The molecule has 0 saturated carbocycles. The first-order valence-corrected chi connectivity index (χ1v) is 13.2. The van der Waals surface area contributed by atoms with Crippen LogP contribution in [0.1, 0.15) is 19.1 Å². The number of aromatic nitrogens is 4. The van der Waals surface area contributed by atoms with Crippen LogP contribution in [0.2, 0.25) is 0 Å². The number of hydrogen-bond donors (Lipinski definition) is 6. The Morgan fingerprint density at radius 3 is 2.74 bits per heavy atom. The van der Waals surface area contributed by atoms with E-state index in [1.54, 1.807) is 0 Å². The van der Waals surface area contributed by atoms with Crippen molar-refractivity contribution < 1.29 is 43.0 Å². The van der Waals surface area contributed by atoms with Gasteiger partial charge in [-0.05, 0) is 0 Å². The van der Waals surface area contributed by atoms with Crippen LogP contribution in [0.3, 0.4) is 0 Å². The number of amides is 1. The number of aliphatic imine (C=N–C) groups is 1. The maximum atomic E-state index is 12.7. The second-order valence-corrected chi connectivity index (χ2v) is 10.5. The number of aliphatic hydroxyl groups is 2. The maximum absolute atomic E-state index is 12.7. The van der Waals surface area contributed by atoms with Crippen molar-refractivity contribution >= 4 is 37.2 Å². The zero-order valence-electron chi connectivity index (χ0n) is 20.3. The second kappa shape index (κ2) is 10.5. The standard InChI is InChI=1S/C20H27N8O10P/c1-8-16(21)24-7-28(19(8)32)13-2-9(30)12(37-13)5-35-39(33,34)38-10-3-14(36-11(10)4-29)27-6-23-15-17(27)25-20(22)26-18(15)31/h6-7,9-14,16,29-30H,1-5,21H2,(H,33,34)(H3,22,25,26,31). The number of hydrogen-bond acceptors (Lipinski definition) is 14. The van der Waals surface area contributed by atoms with Gasteiger partial charge in [0.1, 0.15) is 36.9 Å². The molecule has 39 heavy (non-hydrogen) atoms. The molecule has 8 unspecified atom stereocenters. The molecule has 18 nitrogen and oxygen atoms in total. The van der Waals surface area contributed by atoms with Crippen molar-refractivity contribution in [2.45, 2.75) is 55.9 Å². The van der Waals surface area contributed by atoms with Crippen molar-refractivity contribution in [1.82, 2.24) is 24.4 Å². The summed E-state index contributed by atoms with van der Waals surface area (Å²) in [6, 6.07) is 0. The number of aromatic amines is 1. The van der Waals surface area contributed by atoms with Gasteiger partial charge in [-0.1, -0.05) is 6.58 Å². The van der Waals surface area contributed by atoms with E-state index in [2.05, 4.69) is 26.5 Å². The van der Waals surface area contributed by atoms with Gasteiger partial charge in [-0.3, -0.25) is 38.1 Å². The fourth-order valence-corrected chi connectivity index (χ4v) is 5.45. The highest BCUT2D eigenvalue weighted by molar-refractivity contribution is 7.47. The molecule has 0 spiro atoms. The minimum absolute atomic E-state index is 0.00647. The summed E-state index contributed by atoms with van der Waals surface area (Å²) in [5, 5.41) is 20.1. The first kappa shape index (κ1) is 27.5. The number of rotatable bonds is 8. The van der Waals surface area contributed by atoms with Gasteiger partial charge < -0.3 is 36.0 Å². The van der Waals surface area contributed by atoms with E-state index in [4.69, 9.17) is 30.0 Å². The van der Waals surface area contributed by atoms with E-state index in [1.807, 2.05) is 0 Å². The molecule has 0 bridgehead atoms. The number of nitrogens with one attached hydrogen (secondary N) is 1. The molecule has 2 fully saturated rings. The van der Waals surface area contributed by atoms with Crippen molar-refractivity contribution in [3.63, 3.8) is 0 Å². The lowest BCUT2D eigenvalue weighted by Gasteiger charge is -2.29. The van der Waals surface area contributed by atoms with Crippen LogP contribution in [0.5, 0.6) is 0 Å². The Labute approximate surface area is 219 Å². The Morgan fingerprint density at radius 1 is 1.26 bits per heavy atom. The molecule has 5 rings (SSSR count). The van der Waals surface area contributed by atoms with Crippen molar-refractivity contribution in [1.29, 1.82) is 0 Å². The van der Waals surface area contributed by atoms with E-state index in [0.717, 1.165) is 4.90 Å². The highest BCUT2D eigenvalue weighted by Crippen LogP contribution is 2.49. The molecule has 2 saturated heterocycles. The van der Waals surface area contributed by atoms with Crippen LogP contribution in [-0.2, 0) is 27.9 Å². The fourth-order valence-electron chi connectivity index (χ4n) is 4.49. The number of ether oxygens (including phenoxy) is 2. The maximum Gasteiger partial charge on any atom is 0.472 e. The van der Waals surface area contributed by atoms with Gasteiger partial charge in [0.05, 0.1) is 32.0 Å². The van der Waals surface area contributed by atoms with Gasteiger partial charge in [0.2, 0.25) is 5.95 Å². The van der Waals surface area contributed by atoms with E-state index < -0.39 is 75.5 Å². The summed E-state index contributed by atoms with van der Waals surface area (Å²) in [5.41, 5.74) is 10.9. The molecule has 8 atom stereocenters. The smallest absolute Gasteiger partial charge is 0.394 e. The van der Waals surface area contributed by atoms with Crippen LogP contribution in [0.25, 0.3) is 11.2 Å². The van der Waals surface area contributed by atoms with Gasteiger partial charge in [-0.25, -0.2) is 9.55 Å². The summed E-state index contributed by atoms with van der Waals surface area (Å²) >= 11 is 0. The van der Waals surface area contributed by atoms with Gasteiger partial charge >= 0.3 is 7.82 Å². The number of aliphatic hydroxyl groups excluding tert-OH is 2. The van der Waals surface area contributed by atoms with Gasteiger partial charge in [0, 0.05) is 18.4 Å². The summed E-state index contributed by atoms with van der Waals surface area (Å²) in [6.07, 6.45) is -4.57. The Balaban J connectivity index is 1.21. The molecular formula is C20H27N8O10P. The quantitative estimate of drug-likeness (QED) is 0.144. The summed E-state index contributed by atoms with van der Waals surface area (Å²) in [6.45, 7) is 2.48. The first-order valence-electron chi connectivity index (χ1n) is 11.8. The SMILES string of the molecule is C=C1C(=O)N(C2CC(O)C(COP(=O)(O)OC3CC(n4cnc5c(=O)[nH]c(N)nc54)OC3CO)O2)C=NC1N. The normalized spacial score (nSPS) is 32.8. The molecule has 8 N–H and O–H groups in total. The van der Waals surface area contributed by atoms with Gasteiger partial charge in [0.25, 0.3) is 11.5 Å². The summed E-state index contributed by atoms with van der Waals surface area (Å²) < 4.78 is 35.9. The average molecular weight is 570 g/mol. The van der Waals surface area contributed by atoms with Crippen LogP contribution in [0.4, 0.5) is 5.95 Å². The lowest BCUT2D eigenvalue weighted by Crippen LogP contribution is -2.46. The average Bonchev–Trinajstić information content (AvgIpc) is 3.57. The number of H-pyrrole nitrogens is 1. The van der Waals surface area contributed by atoms with Crippen LogP contribution < -0.4 is 17.0 Å². The third kappa shape index (κ3) is 5.38. The summed E-state index contributed by atoms with van der Waals surface area (Å²) in [7, 11) is -4.76. The molecule has 2 aromatic heterocycles. The third-order valence-electron chi connectivity index (χ3n) is 6.52. The predicted molar refractivity (Wildman–Crippen MR) is 131 cm³/mol. The van der Waals surface area contributed by atoms with Crippen LogP contribution in [-0.4, -0.2) is 102 Å². The molecular weight excluding hydrogens is 543 g/mol. The summed E-state index contributed by atoms with van der Waals surface area (Å²) in [5.74, 6) is -0.664. The number of phosphoric ester groups is 1. The molecule has 212 valence electrons. The number of nitrogen functional groups attached to an aromatic ring is 1. The predicted octanol–water partition coefficient (Wildman–Crippen LogP) is -2.33. The van der Waals surface area contributed by atoms with Crippen molar-refractivity contribution in [3.8, 4) is 0 Å². The Kier molecular flexibility index (Phi) is 7.40. The van der Waals surface area contributed by atoms with E-state index in [1.165, 1.54) is 17.2 Å². The fraction of sp³-hybridized carbons (Fsp3) is 0.550. The van der Waals surface area contributed by atoms with Crippen LogP contribution in [0, 0.1) is 0 Å². The Morgan fingerprint density at radius 2 is 2.00 bits per heavy atom. The van der Waals surface area contributed by atoms with Crippen molar-refractivity contribution in [2.24, 2.45) is 10.7 Å². The third-order valence-corrected chi connectivity index (χ3v) is 7.54. The van der Waals surface area contributed by atoms with E-state index in [-0.39, 0.29) is 35.5 Å². The highest BCUT2D eigenvalue weighted by atomic mass is 31.2. The van der Waals surface area contributed by atoms with Gasteiger partial charge in [0.15, 0.2) is 11.2 Å². The Bertz CT molecular complexity index is 1410. The molecule has 19 heteroatoms. The van der Waals surface area contributed by atoms with Crippen molar-refractivity contribution in [2.75, 3.05) is 18.9 Å². The minimum atomic E-state index is -4.76. The second-order valence-electron chi connectivity index (χ2n) is 9.11. The molecule has 2 aromatic rings. The number of carbonyl (C=O) groups excluding carboxylic acids is 1. The first-order chi connectivity index (χ1) is 18.5. The van der Waals surface area contributed by atoms with E-state index >= 15 is 0 Å². The lowest BCUT2D eigenvalue weighted by atomic mass is 10.1. The monoisotopic (exact) mass is 570 g/mol. The zero-order chi connectivity index (χ0) is 28.1. The van der Waals surface area contributed by atoms with Gasteiger partial charge in [-0.2, -0.15) is 4.98 Å². The van der Waals surface area contributed by atoms with Crippen molar-refractivity contribution in [3.05, 3.63) is 28.8 Å². The topological polar surface area (TPSA) is 263 Å².